The third kappa shape index (κ3) is 3.83. The van der Waals surface area contributed by atoms with Crippen LogP contribution in [0.15, 0.2) is 71.6 Å². The summed E-state index contributed by atoms with van der Waals surface area (Å²) >= 11 is 0. The van der Waals surface area contributed by atoms with Gasteiger partial charge >= 0.3 is 0 Å². The summed E-state index contributed by atoms with van der Waals surface area (Å²) < 4.78 is 27.4. The van der Waals surface area contributed by atoms with Crippen molar-refractivity contribution in [2.45, 2.75) is 17.9 Å². The van der Waals surface area contributed by atoms with E-state index in [0.29, 0.717) is 11.1 Å². The highest BCUT2D eigenvalue weighted by Gasteiger charge is 2.18. The fraction of sp³-hybridized carbons (Fsp3) is 0.150. The standard InChI is InChI=1S/C20H19NO4S/c1-14(22)16-8-4-9-17(12-16)26(24,25)21-13-20(23)19-11-5-7-15-6-2-3-10-18(15)19/h2-12,20-21,23H,13H2,1H3. The van der Waals surface area contributed by atoms with Gasteiger partial charge in [-0.3, -0.25) is 4.79 Å². The van der Waals surface area contributed by atoms with Gasteiger partial charge in [0.15, 0.2) is 5.78 Å². The summed E-state index contributed by atoms with van der Waals surface area (Å²) in [6.45, 7) is 1.21. The molecule has 5 nitrogen and oxygen atoms in total. The summed E-state index contributed by atoms with van der Waals surface area (Å²) in [6.07, 6.45) is -0.994. The van der Waals surface area contributed by atoms with Gasteiger partial charge in [-0.05, 0) is 35.4 Å². The van der Waals surface area contributed by atoms with E-state index < -0.39 is 16.1 Å². The van der Waals surface area contributed by atoms with Crippen LogP contribution >= 0.6 is 0 Å². The van der Waals surface area contributed by atoms with Crippen LogP contribution < -0.4 is 4.72 Å². The number of benzene rings is 3. The van der Waals surface area contributed by atoms with Crippen molar-refractivity contribution in [3.05, 3.63) is 77.9 Å². The molecule has 1 unspecified atom stereocenters. The molecule has 0 aliphatic carbocycles. The van der Waals surface area contributed by atoms with Crippen LogP contribution in [0.2, 0.25) is 0 Å². The maximum atomic E-state index is 12.5. The third-order valence-corrected chi connectivity index (χ3v) is 5.62. The number of carbonyl (C=O) groups is 1. The van der Waals surface area contributed by atoms with Crippen LogP contribution in [0, 0.1) is 0 Å². The zero-order valence-corrected chi connectivity index (χ0v) is 15.0. The molecule has 1 atom stereocenters. The van der Waals surface area contributed by atoms with E-state index in [1.54, 1.807) is 12.1 Å². The summed E-state index contributed by atoms with van der Waals surface area (Å²) in [7, 11) is -3.83. The SMILES string of the molecule is CC(=O)c1cccc(S(=O)(=O)NCC(O)c2cccc3ccccc23)c1. The summed E-state index contributed by atoms with van der Waals surface area (Å²) in [5, 5.41) is 12.3. The van der Waals surface area contributed by atoms with E-state index in [4.69, 9.17) is 0 Å². The number of ketones is 1. The molecular formula is C20H19NO4S. The van der Waals surface area contributed by atoms with Crippen molar-refractivity contribution in [1.82, 2.24) is 4.72 Å². The summed E-state index contributed by atoms with van der Waals surface area (Å²) in [5.41, 5.74) is 0.978. The number of aliphatic hydroxyl groups is 1. The van der Waals surface area contributed by atoms with Gasteiger partial charge in [0.1, 0.15) is 0 Å². The smallest absolute Gasteiger partial charge is 0.240 e. The molecule has 0 heterocycles. The normalized spacial score (nSPS) is 12.8. The second-order valence-corrected chi connectivity index (χ2v) is 7.79. The number of carbonyl (C=O) groups excluding carboxylic acids is 1. The van der Waals surface area contributed by atoms with Gasteiger partial charge in [0.2, 0.25) is 10.0 Å². The number of hydrogen-bond donors (Lipinski definition) is 2. The van der Waals surface area contributed by atoms with Gasteiger partial charge in [-0.2, -0.15) is 0 Å². The van der Waals surface area contributed by atoms with Crippen LogP contribution in [-0.2, 0) is 10.0 Å². The van der Waals surface area contributed by atoms with Crippen LogP contribution in [0.3, 0.4) is 0 Å². The third-order valence-electron chi connectivity index (χ3n) is 4.20. The van der Waals surface area contributed by atoms with Crippen LogP contribution in [0.1, 0.15) is 28.9 Å². The molecule has 0 bridgehead atoms. The van der Waals surface area contributed by atoms with Crippen molar-refractivity contribution in [2.24, 2.45) is 0 Å². The molecule has 0 radical (unpaired) electrons. The Morgan fingerprint density at radius 3 is 2.50 bits per heavy atom. The topological polar surface area (TPSA) is 83.5 Å². The van der Waals surface area contributed by atoms with Crippen molar-refractivity contribution in [1.29, 1.82) is 0 Å². The quantitative estimate of drug-likeness (QED) is 0.654. The number of rotatable bonds is 6. The molecule has 3 rings (SSSR count). The lowest BCUT2D eigenvalue weighted by molar-refractivity contribution is 0.101. The van der Waals surface area contributed by atoms with Crippen molar-refractivity contribution in [3.8, 4) is 0 Å². The molecule has 3 aromatic carbocycles. The Morgan fingerprint density at radius 1 is 1.04 bits per heavy atom. The Bertz CT molecular complexity index is 1050. The molecule has 0 aliphatic heterocycles. The monoisotopic (exact) mass is 369 g/mol. The van der Waals surface area contributed by atoms with E-state index in [2.05, 4.69) is 4.72 Å². The van der Waals surface area contributed by atoms with E-state index in [9.17, 15) is 18.3 Å². The Hall–Kier alpha value is -2.54. The summed E-state index contributed by atoms with van der Waals surface area (Å²) in [5.74, 6) is -0.210. The molecule has 0 spiro atoms. The molecule has 0 saturated heterocycles. The highest BCUT2D eigenvalue weighted by atomic mass is 32.2. The first-order valence-electron chi connectivity index (χ1n) is 8.15. The first kappa shape index (κ1) is 18.3. The maximum Gasteiger partial charge on any atom is 0.240 e. The number of aliphatic hydroxyl groups excluding tert-OH is 1. The molecule has 0 aliphatic rings. The van der Waals surface area contributed by atoms with Crippen molar-refractivity contribution in [3.63, 3.8) is 0 Å². The molecule has 2 N–H and O–H groups in total. The molecule has 0 fully saturated rings. The highest BCUT2D eigenvalue weighted by molar-refractivity contribution is 7.89. The van der Waals surface area contributed by atoms with Crippen LogP contribution in [0.5, 0.6) is 0 Å². The van der Waals surface area contributed by atoms with Crippen LogP contribution in [-0.4, -0.2) is 25.9 Å². The minimum atomic E-state index is -3.83. The van der Waals surface area contributed by atoms with E-state index in [1.807, 2.05) is 36.4 Å². The van der Waals surface area contributed by atoms with Gasteiger partial charge in [0, 0.05) is 12.1 Å². The van der Waals surface area contributed by atoms with Gasteiger partial charge in [0.25, 0.3) is 0 Å². The van der Waals surface area contributed by atoms with Crippen molar-refractivity contribution >= 4 is 26.6 Å². The first-order chi connectivity index (χ1) is 12.4. The Kier molecular flexibility index (Phi) is 5.18. The Morgan fingerprint density at radius 2 is 1.73 bits per heavy atom. The lowest BCUT2D eigenvalue weighted by Gasteiger charge is -2.15. The number of nitrogens with one attached hydrogen (secondary N) is 1. The zero-order chi connectivity index (χ0) is 18.7. The van der Waals surface area contributed by atoms with Gasteiger partial charge < -0.3 is 5.11 Å². The number of Topliss-reactive ketones (excluding diaryl/α,β-unsaturated/α-hetero) is 1. The van der Waals surface area contributed by atoms with E-state index >= 15 is 0 Å². The van der Waals surface area contributed by atoms with Gasteiger partial charge in [0.05, 0.1) is 11.0 Å². The minimum absolute atomic E-state index is 0.00433. The first-order valence-corrected chi connectivity index (χ1v) is 9.63. The van der Waals surface area contributed by atoms with Crippen LogP contribution in [0.4, 0.5) is 0 Å². The number of fused-ring (bicyclic) bond motifs is 1. The molecule has 3 aromatic rings. The highest BCUT2D eigenvalue weighted by Crippen LogP contribution is 2.24. The predicted molar refractivity (Wildman–Crippen MR) is 101 cm³/mol. The van der Waals surface area contributed by atoms with Crippen molar-refractivity contribution < 1.29 is 18.3 Å². The van der Waals surface area contributed by atoms with E-state index in [0.717, 1.165) is 10.8 Å². The molecule has 0 aromatic heterocycles. The molecule has 26 heavy (non-hydrogen) atoms. The lowest BCUT2D eigenvalue weighted by Crippen LogP contribution is -2.28. The van der Waals surface area contributed by atoms with E-state index in [1.165, 1.54) is 25.1 Å². The zero-order valence-electron chi connectivity index (χ0n) is 14.2. The Labute approximate surface area is 152 Å². The molecule has 6 heteroatoms. The second kappa shape index (κ2) is 7.37. The molecule has 0 amide bonds. The van der Waals surface area contributed by atoms with Gasteiger partial charge in [-0.15, -0.1) is 0 Å². The van der Waals surface area contributed by atoms with Crippen molar-refractivity contribution in [2.75, 3.05) is 6.54 Å². The van der Waals surface area contributed by atoms with Gasteiger partial charge in [-0.25, -0.2) is 13.1 Å². The number of sulfonamides is 1. The molecular weight excluding hydrogens is 350 g/mol. The fourth-order valence-electron chi connectivity index (χ4n) is 2.81. The minimum Gasteiger partial charge on any atom is -0.387 e. The Balaban J connectivity index is 1.81. The molecule has 0 saturated carbocycles. The second-order valence-electron chi connectivity index (χ2n) is 6.02. The number of hydrogen-bond acceptors (Lipinski definition) is 4. The van der Waals surface area contributed by atoms with E-state index in [-0.39, 0.29) is 17.2 Å². The summed E-state index contributed by atoms with van der Waals surface area (Å²) in [4.78, 5) is 11.4. The average Bonchev–Trinajstić information content (AvgIpc) is 2.66. The van der Waals surface area contributed by atoms with Gasteiger partial charge in [-0.1, -0.05) is 54.6 Å². The fourth-order valence-corrected chi connectivity index (χ4v) is 3.89. The summed E-state index contributed by atoms with van der Waals surface area (Å²) in [6, 6.07) is 19.0. The molecule has 134 valence electrons. The maximum absolute atomic E-state index is 12.5. The van der Waals surface area contributed by atoms with Crippen LogP contribution in [0.25, 0.3) is 10.8 Å². The predicted octanol–water partition coefficient (Wildman–Crippen LogP) is 3.05. The largest absolute Gasteiger partial charge is 0.387 e. The lowest BCUT2D eigenvalue weighted by atomic mass is 10.0. The average molecular weight is 369 g/mol.